The van der Waals surface area contributed by atoms with E-state index < -0.39 is 11.2 Å². The van der Waals surface area contributed by atoms with E-state index in [1.54, 1.807) is 14.1 Å². The summed E-state index contributed by atoms with van der Waals surface area (Å²) in [4.78, 5) is 27.6. The van der Waals surface area contributed by atoms with Gasteiger partial charge in [0.2, 0.25) is 0 Å². The highest BCUT2D eigenvalue weighted by Crippen LogP contribution is 2.03. The van der Waals surface area contributed by atoms with E-state index in [4.69, 9.17) is 12.2 Å². The maximum atomic E-state index is 11.4. The molecule has 0 amide bonds. The second kappa shape index (κ2) is 2.68. The zero-order valence-corrected chi connectivity index (χ0v) is 8.44. The molecule has 2 aromatic rings. The Labute approximate surface area is 82.8 Å². The average molecular weight is 212 g/mol. The molecular weight excluding hydrogens is 204 g/mol. The van der Waals surface area contributed by atoms with Crippen LogP contribution in [-0.2, 0) is 14.1 Å². The van der Waals surface area contributed by atoms with Gasteiger partial charge in [-0.2, -0.15) is 0 Å². The molecule has 0 bridgehead atoms. The highest BCUT2D eigenvalue weighted by Gasteiger charge is 2.09. The van der Waals surface area contributed by atoms with Crippen molar-refractivity contribution in [1.82, 2.24) is 19.1 Å². The first-order valence-corrected chi connectivity index (χ1v) is 4.31. The molecule has 7 heteroatoms. The van der Waals surface area contributed by atoms with E-state index in [2.05, 4.69) is 9.97 Å². The van der Waals surface area contributed by atoms with Gasteiger partial charge in [-0.25, -0.2) is 4.79 Å². The highest BCUT2D eigenvalue weighted by atomic mass is 32.1. The quantitative estimate of drug-likeness (QED) is 0.585. The van der Waals surface area contributed by atoms with Crippen molar-refractivity contribution in [3.8, 4) is 0 Å². The van der Waals surface area contributed by atoms with Gasteiger partial charge in [-0.3, -0.25) is 14.3 Å². The Balaban J connectivity index is 3.27. The number of hydrogen-bond acceptors (Lipinski definition) is 3. The smallest absolute Gasteiger partial charge is 0.316 e. The molecule has 0 aliphatic carbocycles. The van der Waals surface area contributed by atoms with Crippen molar-refractivity contribution in [2.45, 2.75) is 0 Å². The van der Waals surface area contributed by atoms with Gasteiger partial charge in [-0.15, -0.1) is 0 Å². The van der Waals surface area contributed by atoms with E-state index in [9.17, 15) is 9.59 Å². The number of nitrogens with one attached hydrogen (secondary N) is 2. The van der Waals surface area contributed by atoms with Gasteiger partial charge in [0.15, 0.2) is 10.3 Å². The molecule has 0 aliphatic heterocycles. The summed E-state index contributed by atoms with van der Waals surface area (Å²) in [6, 6.07) is 0. The average Bonchev–Trinajstić information content (AvgIpc) is 2.40. The van der Waals surface area contributed by atoms with Crippen LogP contribution in [0.4, 0.5) is 0 Å². The maximum absolute atomic E-state index is 11.4. The van der Waals surface area contributed by atoms with Gasteiger partial charge in [0.1, 0.15) is 5.65 Å². The Bertz CT molecular complexity index is 672. The minimum atomic E-state index is -0.459. The third kappa shape index (κ3) is 0.987. The van der Waals surface area contributed by atoms with Crippen molar-refractivity contribution in [3.05, 3.63) is 25.6 Å². The molecule has 14 heavy (non-hydrogen) atoms. The highest BCUT2D eigenvalue weighted by molar-refractivity contribution is 7.71. The minimum absolute atomic E-state index is 0.372. The van der Waals surface area contributed by atoms with E-state index in [1.165, 1.54) is 9.13 Å². The number of fused-ring (bicyclic) bond motifs is 1. The monoisotopic (exact) mass is 212 g/mol. The standard InChI is InChI=1S/C7H8N4O2S/c1-10-3-4(8-7(10)14)11(2)6(13)9-5(3)12/h1-2H3,(H,8,14)(H,9,12,13). The predicted octanol–water partition coefficient (Wildman–Crippen LogP) is -0.377. The van der Waals surface area contributed by atoms with Crippen molar-refractivity contribution in [3.63, 3.8) is 0 Å². The van der Waals surface area contributed by atoms with E-state index in [1.807, 2.05) is 0 Å². The van der Waals surface area contributed by atoms with E-state index in [0.717, 1.165) is 0 Å². The molecule has 2 aromatic heterocycles. The number of hydrogen-bond donors (Lipinski definition) is 2. The topological polar surface area (TPSA) is 75.6 Å². The van der Waals surface area contributed by atoms with Crippen LogP contribution in [0.1, 0.15) is 0 Å². The number of aromatic nitrogens is 4. The van der Waals surface area contributed by atoms with Crippen LogP contribution >= 0.6 is 12.2 Å². The molecule has 0 saturated heterocycles. The van der Waals surface area contributed by atoms with E-state index in [-0.39, 0.29) is 0 Å². The van der Waals surface area contributed by atoms with Gasteiger partial charge in [0, 0.05) is 14.1 Å². The summed E-state index contributed by atoms with van der Waals surface area (Å²) in [5, 5.41) is 0. The SMILES string of the molecule is Cn1c(=O)[nH]c(=O)c2c1[nH]c(=S)n2C. The number of aryl methyl sites for hydroxylation is 2. The molecular formula is C7H8N4O2S. The Kier molecular flexibility index (Phi) is 1.71. The van der Waals surface area contributed by atoms with Crippen LogP contribution in [0.5, 0.6) is 0 Å². The number of nitrogens with zero attached hydrogens (tertiary/aromatic N) is 2. The largest absolute Gasteiger partial charge is 0.329 e. The van der Waals surface area contributed by atoms with Gasteiger partial charge in [0.05, 0.1) is 0 Å². The van der Waals surface area contributed by atoms with Crippen LogP contribution in [0.2, 0.25) is 0 Å². The lowest BCUT2D eigenvalue weighted by molar-refractivity contribution is 0.829. The number of imidazole rings is 1. The molecule has 0 radical (unpaired) electrons. The summed E-state index contributed by atoms with van der Waals surface area (Å²) in [5.41, 5.74) is -0.0827. The fraction of sp³-hybridized carbons (Fsp3) is 0.286. The van der Waals surface area contributed by atoms with Crippen LogP contribution in [0, 0.1) is 4.77 Å². The molecule has 6 nitrogen and oxygen atoms in total. The molecule has 0 aromatic carbocycles. The van der Waals surface area contributed by atoms with Crippen molar-refractivity contribution in [1.29, 1.82) is 0 Å². The Morgan fingerprint density at radius 2 is 1.79 bits per heavy atom. The van der Waals surface area contributed by atoms with Gasteiger partial charge >= 0.3 is 5.69 Å². The first-order valence-electron chi connectivity index (χ1n) is 3.90. The van der Waals surface area contributed by atoms with Crippen LogP contribution in [-0.4, -0.2) is 19.1 Å². The summed E-state index contributed by atoms with van der Waals surface area (Å²) in [7, 11) is 3.23. The zero-order chi connectivity index (χ0) is 10.5. The van der Waals surface area contributed by atoms with Crippen LogP contribution in [0.3, 0.4) is 0 Å². The van der Waals surface area contributed by atoms with E-state index in [0.29, 0.717) is 15.9 Å². The lowest BCUT2D eigenvalue weighted by Crippen LogP contribution is -2.29. The first-order chi connectivity index (χ1) is 6.52. The van der Waals surface area contributed by atoms with Gasteiger partial charge in [0.25, 0.3) is 5.56 Å². The zero-order valence-electron chi connectivity index (χ0n) is 7.62. The second-order valence-corrected chi connectivity index (χ2v) is 3.39. The third-order valence-electron chi connectivity index (χ3n) is 2.17. The Hall–Kier alpha value is -1.63. The summed E-state index contributed by atoms with van der Waals surface area (Å²) in [5.74, 6) is 0. The number of rotatable bonds is 0. The summed E-state index contributed by atoms with van der Waals surface area (Å²) < 4.78 is 3.25. The van der Waals surface area contributed by atoms with Crippen LogP contribution in [0.25, 0.3) is 11.2 Å². The molecule has 0 aliphatic rings. The molecule has 2 N–H and O–H groups in total. The molecule has 2 heterocycles. The molecule has 0 fully saturated rings. The van der Waals surface area contributed by atoms with E-state index >= 15 is 0 Å². The molecule has 0 saturated carbocycles. The minimum Gasteiger partial charge on any atom is -0.316 e. The lowest BCUT2D eigenvalue weighted by atomic mass is 10.5. The predicted molar refractivity (Wildman–Crippen MR) is 54.0 cm³/mol. The fourth-order valence-electron chi connectivity index (χ4n) is 1.35. The maximum Gasteiger partial charge on any atom is 0.329 e. The summed E-state index contributed by atoms with van der Waals surface area (Å²) in [6.07, 6.45) is 0. The van der Waals surface area contributed by atoms with Gasteiger partial charge in [-0.1, -0.05) is 0 Å². The first kappa shape index (κ1) is 8.95. The summed E-state index contributed by atoms with van der Waals surface area (Å²) in [6.45, 7) is 0. The van der Waals surface area contributed by atoms with Crippen molar-refractivity contribution < 1.29 is 0 Å². The fourth-order valence-corrected chi connectivity index (χ4v) is 1.54. The van der Waals surface area contributed by atoms with Crippen LogP contribution < -0.4 is 11.2 Å². The third-order valence-corrected chi connectivity index (χ3v) is 2.54. The van der Waals surface area contributed by atoms with Crippen LogP contribution in [0.15, 0.2) is 9.59 Å². The Morgan fingerprint density at radius 3 is 2.43 bits per heavy atom. The van der Waals surface area contributed by atoms with Crippen molar-refractivity contribution in [2.75, 3.05) is 0 Å². The Morgan fingerprint density at radius 1 is 1.14 bits per heavy atom. The molecule has 74 valence electrons. The van der Waals surface area contributed by atoms with Gasteiger partial charge < -0.3 is 9.55 Å². The molecule has 0 unspecified atom stereocenters. The van der Waals surface area contributed by atoms with Crippen molar-refractivity contribution in [2.24, 2.45) is 14.1 Å². The second-order valence-electron chi connectivity index (χ2n) is 3.00. The molecule has 0 spiro atoms. The summed E-state index contributed by atoms with van der Waals surface area (Å²) >= 11 is 4.96. The van der Waals surface area contributed by atoms with Crippen molar-refractivity contribution >= 4 is 23.4 Å². The molecule has 2 rings (SSSR count). The number of H-pyrrole nitrogens is 2. The normalized spacial score (nSPS) is 11.0. The lowest BCUT2D eigenvalue weighted by Gasteiger charge is -1.97. The number of aromatic amines is 2. The van der Waals surface area contributed by atoms with Gasteiger partial charge in [-0.05, 0) is 12.2 Å². The molecule has 0 atom stereocenters.